The molecule has 6 heteroatoms. The molecule has 0 unspecified atom stereocenters. The molecule has 2 heterocycles. The molecule has 1 aromatic carbocycles. The molecular formula is C19H18N2O4. The fourth-order valence-corrected chi connectivity index (χ4v) is 2.67. The van der Waals surface area contributed by atoms with Gasteiger partial charge in [-0.1, -0.05) is 5.92 Å². The lowest BCUT2D eigenvalue weighted by molar-refractivity contribution is 0.0518. The molecule has 128 valence electrons. The topological polar surface area (TPSA) is 63.0 Å². The van der Waals surface area contributed by atoms with E-state index in [-0.39, 0.29) is 18.4 Å². The molecule has 1 aliphatic heterocycles. The molecule has 1 aliphatic rings. The molecular weight excluding hydrogens is 320 g/mol. The Morgan fingerprint density at radius 3 is 2.24 bits per heavy atom. The second-order valence-electron chi connectivity index (χ2n) is 5.58. The summed E-state index contributed by atoms with van der Waals surface area (Å²) in [6.45, 7) is 2.13. The number of nitrogens with zero attached hydrogens (tertiary/aromatic N) is 2. The fraction of sp³-hybridized carbons (Fsp3) is 0.263. The SMILES string of the molecule is C#CCOc1ccc(C(=O)N2CCN(C(=O)c3ccco3)CC2)cc1. The van der Waals surface area contributed by atoms with Gasteiger partial charge in [0.2, 0.25) is 0 Å². The van der Waals surface area contributed by atoms with Crippen LogP contribution in [0.5, 0.6) is 5.75 Å². The van der Waals surface area contributed by atoms with Gasteiger partial charge in [0.25, 0.3) is 11.8 Å². The molecule has 1 aromatic heterocycles. The Hall–Kier alpha value is -3.20. The van der Waals surface area contributed by atoms with Crippen molar-refractivity contribution in [2.45, 2.75) is 0 Å². The zero-order valence-electron chi connectivity index (χ0n) is 13.7. The van der Waals surface area contributed by atoms with E-state index < -0.39 is 0 Å². The zero-order chi connectivity index (χ0) is 17.6. The molecule has 0 bridgehead atoms. The van der Waals surface area contributed by atoms with Gasteiger partial charge >= 0.3 is 0 Å². The summed E-state index contributed by atoms with van der Waals surface area (Å²) >= 11 is 0. The summed E-state index contributed by atoms with van der Waals surface area (Å²) in [5, 5.41) is 0. The molecule has 0 aliphatic carbocycles. The largest absolute Gasteiger partial charge is 0.481 e. The molecule has 2 amide bonds. The first-order valence-corrected chi connectivity index (χ1v) is 7.97. The third-order valence-electron chi connectivity index (χ3n) is 4.01. The van der Waals surface area contributed by atoms with Gasteiger partial charge in [0.05, 0.1) is 6.26 Å². The summed E-state index contributed by atoms with van der Waals surface area (Å²) in [4.78, 5) is 28.2. The van der Waals surface area contributed by atoms with E-state index in [9.17, 15) is 9.59 Å². The minimum absolute atomic E-state index is 0.0615. The number of piperazine rings is 1. The molecule has 3 rings (SSSR count). The number of carbonyl (C=O) groups is 2. The average Bonchev–Trinajstić information content (AvgIpc) is 3.20. The molecule has 0 atom stereocenters. The van der Waals surface area contributed by atoms with Crippen molar-refractivity contribution in [1.82, 2.24) is 9.80 Å². The number of terminal acetylenes is 1. The lowest BCUT2D eigenvalue weighted by Gasteiger charge is -2.34. The highest BCUT2D eigenvalue weighted by Crippen LogP contribution is 2.15. The number of hydrogen-bond donors (Lipinski definition) is 0. The van der Waals surface area contributed by atoms with Crippen molar-refractivity contribution in [2.24, 2.45) is 0 Å². The summed E-state index contributed by atoms with van der Waals surface area (Å²) in [6, 6.07) is 10.2. The minimum Gasteiger partial charge on any atom is -0.481 e. The van der Waals surface area contributed by atoms with E-state index in [4.69, 9.17) is 15.6 Å². The van der Waals surface area contributed by atoms with Crippen molar-refractivity contribution in [2.75, 3.05) is 32.8 Å². The van der Waals surface area contributed by atoms with Gasteiger partial charge in [-0.25, -0.2) is 0 Å². The molecule has 0 saturated carbocycles. The highest BCUT2D eigenvalue weighted by Gasteiger charge is 2.26. The Kier molecular flexibility index (Phi) is 5.05. The standard InChI is InChI=1S/C19H18N2O4/c1-2-13-24-16-7-5-15(6-8-16)18(22)20-9-11-21(12-10-20)19(23)17-4-3-14-25-17/h1,3-8,14H,9-13H2. The molecule has 0 radical (unpaired) electrons. The van der Waals surface area contributed by atoms with E-state index in [1.54, 1.807) is 46.2 Å². The molecule has 0 spiro atoms. The number of carbonyl (C=O) groups excluding carboxylic acids is 2. The Morgan fingerprint density at radius 1 is 1.04 bits per heavy atom. The summed E-state index contributed by atoms with van der Waals surface area (Å²) in [5.41, 5.74) is 0.582. The monoisotopic (exact) mass is 338 g/mol. The normalized spacial score (nSPS) is 14.0. The lowest BCUT2D eigenvalue weighted by Crippen LogP contribution is -2.50. The first kappa shape index (κ1) is 16.7. The maximum Gasteiger partial charge on any atom is 0.289 e. The predicted molar refractivity (Wildman–Crippen MR) is 91.3 cm³/mol. The van der Waals surface area contributed by atoms with Crippen LogP contribution in [-0.4, -0.2) is 54.4 Å². The van der Waals surface area contributed by atoms with Crippen molar-refractivity contribution in [3.8, 4) is 18.1 Å². The smallest absolute Gasteiger partial charge is 0.289 e. The molecule has 0 N–H and O–H groups in total. The number of hydrogen-bond acceptors (Lipinski definition) is 4. The zero-order valence-corrected chi connectivity index (χ0v) is 13.7. The van der Waals surface area contributed by atoms with Gasteiger partial charge in [0, 0.05) is 31.7 Å². The van der Waals surface area contributed by atoms with Gasteiger partial charge in [0.1, 0.15) is 12.4 Å². The molecule has 25 heavy (non-hydrogen) atoms. The maximum atomic E-state index is 12.6. The second kappa shape index (κ2) is 7.58. The van der Waals surface area contributed by atoms with Crippen LogP contribution in [0.25, 0.3) is 0 Å². The van der Waals surface area contributed by atoms with E-state index in [0.717, 1.165) is 0 Å². The molecule has 2 aromatic rings. The van der Waals surface area contributed by atoms with E-state index in [1.807, 2.05) is 0 Å². The Morgan fingerprint density at radius 2 is 1.68 bits per heavy atom. The molecule has 6 nitrogen and oxygen atoms in total. The van der Waals surface area contributed by atoms with Crippen LogP contribution in [0.4, 0.5) is 0 Å². The predicted octanol–water partition coefficient (Wildman–Crippen LogP) is 1.89. The first-order valence-electron chi connectivity index (χ1n) is 7.97. The van der Waals surface area contributed by atoms with E-state index in [1.165, 1.54) is 6.26 Å². The summed E-state index contributed by atoms with van der Waals surface area (Å²) in [7, 11) is 0. The Bertz CT molecular complexity index is 767. The van der Waals surface area contributed by atoms with E-state index in [0.29, 0.717) is 43.3 Å². The van der Waals surface area contributed by atoms with Crippen molar-refractivity contribution < 1.29 is 18.7 Å². The fourth-order valence-electron chi connectivity index (χ4n) is 2.67. The molecule has 1 fully saturated rings. The van der Waals surface area contributed by atoms with Crippen LogP contribution in [-0.2, 0) is 0 Å². The number of furan rings is 1. The Balaban J connectivity index is 1.56. The average molecular weight is 338 g/mol. The van der Waals surface area contributed by atoms with Gasteiger partial charge in [-0.3, -0.25) is 9.59 Å². The number of rotatable bonds is 4. The van der Waals surface area contributed by atoms with Crippen LogP contribution < -0.4 is 4.74 Å². The van der Waals surface area contributed by atoms with Crippen LogP contribution >= 0.6 is 0 Å². The van der Waals surface area contributed by atoms with Gasteiger partial charge in [-0.05, 0) is 36.4 Å². The minimum atomic E-state index is -0.146. The van der Waals surface area contributed by atoms with Gasteiger partial charge in [-0.15, -0.1) is 6.42 Å². The van der Waals surface area contributed by atoms with Gasteiger partial charge in [-0.2, -0.15) is 0 Å². The lowest BCUT2D eigenvalue weighted by atomic mass is 10.1. The molecule has 1 saturated heterocycles. The van der Waals surface area contributed by atoms with Crippen molar-refractivity contribution >= 4 is 11.8 Å². The summed E-state index contributed by atoms with van der Waals surface area (Å²) in [6.07, 6.45) is 6.62. The summed E-state index contributed by atoms with van der Waals surface area (Å²) < 4.78 is 10.4. The van der Waals surface area contributed by atoms with Gasteiger partial charge < -0.3 is 19.0 Å². The highest BCUT2D eigenvalue weighted by atomic mass is 16.5. The number of ether oxygens (including phenoxy) is 1. The third-order valence-corrected chi connectivity index (χ3v) is 4.01. The first-order chi connectivity index (χ1) is 12.2. The van der Waals surface area contributed by atoms with E-state index in [2.05, 4.69) is 5.92 Å². The maximum absolute atomic E-state index is 12.6. The van der Waals surface area contributed by atoms with Crippen molar-refractivity contribution in [1.29, 1.82) is 0 Å². The van der Waals surface area contributed by atoms with Crippen LogP contribution in [0.15, 0.2) is 47.1 Å². The van der Waals surface area contributed by atoms with Crippen LogP contribution in [0.3, 0.4) is 0 Å². The van der Waals surface area contributed by atoms with Crippen molar-refractivity contribution in [3.05, 3.63) is 54.0 Å². The Labute approximate surface area is 146 Å². The van der Waals surface area contributed by atoms with Gasteiger partial charge in [0.15, 0.2) is 5.76 Å². The van der Waals surface area contributed by atoms with E-state index >= 15 is 0 Å². The third kappa shape index (κ3) is 3.83. The second-order valence-corrected chi connectivity index (χ2v) is 5.58. The number of amides is 2. The van der Waals surface area contributed by atoms with Crippen LogP contribution in [0.1, 0.15) is 20.9 Å². The number of benzene rings is 1. The summed E-state index contributed by atoms with van der Waals surface area (Å²) in [5.74, 6) is 3.13. The highest BCUT2D eigenvalue weighted by molar-refractivity contribution is 5.95. The quantitative estimate of drug-likeness (QED) is 0.799. The van der Waals surface area contributed by atoms with Crippen LogP contribution in [0.2, 0.25) is 0 Å². The van der Waals surface area contributed by atoms with Crippen LogP contribution in [0, 0.1) is 12.3 Å². The van der Waals surface area contributed by atoms with Crippen molar-refractivity contribution in [3.63, 3.8) is 0 Å².